The van der Waals surface area contributed by atoms with E-state index in [2.05, 4.69) is 33.2 Å². The Morgan fingerprint density at radius 3 is 2.79 bits per heavy atom. The first-order valence-corrected chi connectivity index (χ1v) is 19.5. The number of carbonyl (C=O) groups excluding carboxylic acids is 1. The van der Waals surface area contributed by atoms with Gasteiger partial charge in [-0.25, -0.2) is 22.9 Å². The number of hydrogen-bond donors (Lipinski definition) is 4. The van der Waals surface area contributed by atoms with Crippen LogP contribution in [0.5, 0.6) is 0 Å². The van der Waals surface area contributed by atoms with Gasteiger partial charge in [0, 0.05) is 42.5 Å². The highest BCUT2D eigenvalue weighted by atomic mass is 32.2. The fourth-order valence-corrected chi connectivity index (χ4v) is 9.07. The van der Waals surface area contributed by atoms with Crippen molar-refractivity contribution in [3.8, 4) is 0 Å². The standard InChI is InChI=1S/C28H43N4O7PS2/c1-4-5-20(10-9-19-16-41-27(31-19)30-18-7-8-18)42(35,36)29-12-24(33)23(15-40(2)3)32-28(34)39-25-17-6-11-21-22(25)14-38-26(21)37-13-17/h4,9-10,17-18,21-26,29,33,40H,1-2,5-8,11-16H2,3H3,(H,30,31)(H,32,34)/b19-9+,20-10+/t17-,21+,22?,23-,24+,25?,26-/m0/s1. The van der Waals surface area contributed by atoms with Crippen LogP contribution in [0.2, 0.25) is 0 Å². The van der Waals surface area contributed by atoms with E-state index < -0.39 is 35.8 Å². The average Bonchev–Trinajstić information content (AvgIpc) is 3.58. The number of amidine groups is 1. The number of aliphatic imine (C=N–C) groups is 1. The molecule has 14 heteroatoms. The number of ether oxygens (including phenoxy) is 3. The van der Waals surface area contributed by atoms with Crippen molar-refractivity contribution < 1.29 is 32.5 Å². The summed E-state index contributed by atoms with van der Waals surface area (Å²) in [6, 6.07) is -0.224. The van der Waals surface area contributed by atoms with E-state index in [0.717, 1.165) is 36.5 Å². The second kappa shape index (κ2) is 14.0. The molecule has 0 aromatic heterocycles. The number of hydrogen-bond acceptors (Lipinski definition) is 10. The second-order valence-electron chi connectivity index (χ2n) is 11.8. The smallest absolute Gasteiger partial charge is 0.407 e. The Morgan fingerprint density at radius 1 is 1.26 bits per heavy atom. The van der Waals surface area contributed by atoms with Crippen LogP contribution in [0, 0.1) is 17.8 Å². The number of rotatable bonds is 13. The highest BCUT2D eigenvalue weighted by Crippen LogP contribution is 2.46. The average molecular weight is 643 g/mol. The maximum absolute atomic E-state index is 13.2. The molecule has 6 rings (SSSR count). The zero-order chi connectivity index (χ0) is 29.9. The van der Waals surface area contributed by atoms with Crippen LogP contribution in [0.3, 0.4) is 0 Å². The first-order valence-electron chi connectivity index (χ1n) is 14.6. The van der Waals surface area contributed by atoms with E-state index in [4.69, 9.17) is 14.2 Å². The van der Waals surface area contributed by atoms with Crippen LogP contribution in [0.15, 0.2) is 40.4 Å². The van der Waals surface area contributed by atoms with Gasteiger partial charge in [0.2, 0.25) is 10.0 Å². The quantitative estimate of drug-likeness (QED) is 0.175. The van der Waals surface area contributed by atoms with Crippen LogP contribution < -0.4 is 15.4 Å². The molecule has 0 aromatic carbocycles. The topological polar surface area (TPSA) is 148 Å². The fourth-order valence-electron chi connectivity index (χ4n) is 5.91. The highest BCUT2D eigenvalue weighted by molar-refractivity contribution is 8.14. The summed E-state index contributed by atoms with van der Waals surface area (Å²) >= 11 is 1.60. The number of nitrogens with one attached hydrogen (secondary N) is 3. The maximum atomic E-state index is 13.2. The van der Waals surface area contributed by atoms with Gasteiger partial charge in [-0.2, -0.15) is 0 Å². The van der Waals surface area contributed by atoms with Crippen LogP contribution in [-0.2, 0) is 24.2 Å². The Labute approximate surface area is 253 Å². The van der Waals surface area contributed by atoms with Crippen LogP contribution >= 0.6 is 19.3 Å². The van der Waals surface area contributed by atoms with Gasteiger partial charge in [0.25, 0.3) is 0 Å². The molecule has 11 nitrogen and oxygen atoms in total. The minimum absolute atomic E-state index is 0.0930. The Bertz CT molecular complexity index is 1250. The fraction of sp³-hybridized carbons (Fsp3) is 0.679. The summed E-state index contributed by atoms with van der Waals surface area (Å²) in [6.07, 6.45) is 11.3. The van der Waals surface area contributed by atoms with Gasteiger partial charge >= 0.3 is 6.09 Å². The number of fused-ring (bicyclic) bond motifs is 2. The van der Waals surface area contributed by atoms with Crippen LogP contribution in [0.1, 0.15) is 32.1 Å². The third-order valence-corrected chi connectivity index (χ3v) is 11.9. The molecule has 2 saturated carbocycles. The third-order valence-electron chi connectivity index (χ3n) is 8.31. The number of allylic oxidation sites excluding steroid dienone is 4. The zero-order valence-electron chi connectivity index (χ0n) is 24.0. The number of alkyl carbamates (subject to hydrolysis) is 1. The molecule has 5 fully saturated rings. The molecular weight excluding hydrogens is 599 g/mol. The number of nitrogens with zero attached hydrogens (tertiary/aromatic N) is 1. The predicted octanol–water partition coefficient (Wildman–Crippen LogP) is 2.23. The molecule has 4 N–H and O–H groups in total. The number of amides is 1. The number of sulfonamides is 1. The van der Waals surface area contributed by atoms with Crippen LogP contribution in [0.25, 0.3) is 0 Å². The van der Waals surface area contributed by atoms with Gasteiger partial charge in [0.05, 0.1) is 36.0 Å². The first-order chi connectivity index (χ1) is 20.1. The molecule has 4 bridgehead atoms. The largest absolute Gasteiger partial charge is 0.445 e. The second-order valence-corrected chi connectivity index (χ2v) is 16.9. The van der Waals surface area contributed by atoms with Crippen molar-refractivity contribution in [2.24, 2.45) is 22.7 Å². The van der Waals surface area contributed by atoms with E-state index in [-0.39, 0.29) is 48.0 Å². The molecule has 42 heavy (non-hydrogen) atoms. The van der Waals surface area contributed by atoms with Gasteiger partial charge in [-0.15, -0.1) is 20.4 Å². The molecule has 6 aliphatic rings. The lowest BCUT2D eigenvalue weighted by Gasteiger charge is -2.36. The Morgan fingerprint density at radius 2 is 2.05 bits per heavy atom. The van der Waals surface area contributed by atoms with Gasteiger partial charge in [-0.05, 0) is 50.7 Å². The minimum Gasteiger partial charge on any atom is -0.445 e. The molecule has 1 amide bonds. The third kappa shape index (κ3) is 8.11. The molecule has 3 unspecified atom stereocenters. The molecule has 0 aromatic rings. The van der Waals surface area contributed by atoms with E-state index in [1.165, 1.54) is 12.2 Å². The lowest BCUT2D eigenvalue weighted by Crippen LogP contribution is -2.52. The molecule has 4 heterocycles. The molecular formula is C28H43N4O7PS2. The van der Waals surface area contributed by atoms with E-state index in [1.807, 2.05) is 6.66 Å². The number of aliphatic hydroxyl groups excluding tert-OH is 1. The first kappa shape index (κ1) is 31.8. The van der Waals surface area contributed by atoms with E-state index in [9.17, 15) is 18.3 Å². The summed E-state index contributed by atoms with van der Waals surface area (Å²) in [5, 5.41) is 18.1. The summed E-state index contributed by atoms with van der Waals surface area (Å²) in [6.45, 7) is 6.37. The molecule has 0 radical (unpaired) electrons. The Kier molecular flexibility index (Phi) is 10.6. The molecule has 0 spiro atoms. The lowest BCUT2D eigenvalue weighted by atomic mass is 9.74. The normalized spacial score (nSPS) is 32.1. The molecule has 3 saturated heterocycles. The van der Waals surface area contributed by atoms with Crippen molar-refractivity contribution in [2.45, 2.75) is 62.7 Å². The van der Waals surface area contributed by atoms with E-state index >= 15 is 0 Å². The lowest BCUT2D eigenvalue weighted by molar-refractivity contribution is -0.135. The van der Waals surface area contributed by atoms with Gasteiger partial charge in [-0.3, -0.25) is 0 Å². The number of aliphatic hydroxyl groups is 1. The molecule has 2 aliphatic carbocycles. The summed E-state index contributed by atoms with van der Waals surface area (Å²) in [7, 11) is -5.07. The van der Waals surface area contributed by atoms with Crippen molar-refractivity contribution in [1.82, 2.24) is 15.4 Å². The van der Waals surface area contributed by atoms with E-state index in [1.54, 1.807) is 17.8 Å². The van der Waals surface area contributed by atoms with E-state index in [0.29, 0.717) is 31.2 Å². The minimum atomic E-state index is -3.94. The maximum Gasteiger partial charge on any atom is 0.407 e. The van der Waals surface area contributed by atoms with Gasteiger partial charge in [0.15, 0.2) is 11.5 Å². The van der Waals surface area contributed by atoms with Crippen molar-refractivity contribution in [2.75, 3.05) is 38.3 Å². The van der Waals surface area contributed by atoms with Crippen LogP contribution in [-0.4, -0.2) is 100 Å². The van der Waals surface area contributed by atoms with Gasteiger partial charge < -0.3 is 30.0 Å². The SMILES string of the molecule is C=CC/C(=C\C=C1/CSC(NC2CC2)=N1)S(=O)(=O)NC[C@@H](O)[C@H](C[PH](=C)C)NC(=O)OC1C2CO[C@@H]3OC[C@@H]1CC[C@H]23. The Hall–Kier alpha value is -1.60. The summed E-state index contributed by atoms with van der Waals surface area (Å²) < 4.78 is 46.4. The molecule has 234 valence electrons. The number of thioether (sulfide) groups is 1. The van der Waals surface area contributed by atoms with Crippen molar-refractivity contribution in [3.63, 3.8) is 0 Å². The molecule has 8 atom stereocenters. The van der Waals surface area contributed by atoms with Gasteiger partial charge in [-0.1, -0.05) is 17.8 Å². The van der Waals surface area contributed by atoms with Crippen LogP contribution in [0.4, 0.5) is 4.79 Å². The number of carbonyl (C=O) groups is 1. The van der Waals surface area contributed by atoms with Crippen molar-refractivity contribution >= 4 is 46.9 Å². The van der Waals surface area contributed by atoms with Crippen molar-refractivity contribution in [1.29, 1.82) is 0 Å². The predicted molar refractivity (Wildman–Crippen MR) is 169 cm³/mol. The highest BCUT2D eigenvalue weighted by Gasteiger charge is 2.52. The van der Waals surface area contributed by atoms with Gasteiger partial charge in [0.1, 0.15) is 6.10 Å². The summed E-state index contributed by atoms with van der Waals surface area (Å²) in [4.78, 5) is 17.7. The Balaban J connectivity index is 1.19. The monoisotopic (exact) mass is 642 g/mol. The summed E-state index contributed by atoms with van der Waals surface area (Å²) in [5.41, 5.74) is 0.781. The summed E-state index contributed by atoms with van der Waals surface area (Å²) in [5.74, 6) is 1.09. The van der Waals surface area contributed by atoms with Crippen molar-refractivity contribution in [3.05, 3.63) is 35.4 Å². The molecule has 4 aliphatic heterocycles. The zero-order valence-corrected chi connectivity index (χ0v) is 26.6.